The van der Waals surface area contributed by atoms with Crippen molar-refractivity contribution in [3.8, 4) is 0 Å². The van der Waals surface area contributed by atoms with Crippen molar-refractivity contribution in [3.05, 3.63) is 0 Å². The van der Waals surface area contributed by atoms with Gasteiger partial charge in [0.2, 0.25) is 0 Å². The van der Waals surface area contributed by atoms with Gasteiger partial charge in [-0.3, -0.25) is 9.50 Å². The van der Waals surface area contributed by atoms with E-state index < -0.39 is 45.7 Å². The summed E-state index contributed by atoms with van der Waals surface area (Å²) in [5.74, 6) is -1.12. The quantitative estimate of drug-likeness (QED) is 0.667. The van der Waals surface area contributed by atoms with E-state index in [1.165, 1.54) is 0 Å². The van der Waals surface area contributed by atoms with Gasteiger partial charge in [-0.25, -0.2) is 0 Å². The maximum absolute atomic E-state index is 12.1. The molecule has 4 rings (SSSR count). The highest BCUT2D eigenvalue weighted by Crippen LogP contribution is 2.56. The first-order valence-electron chi connectivity index (χ1n) is 7.07. The number of hydrogen-bond acceptors (Lipinski definition) is 8. The van der Waals surface area contributed by atoms with Crippen molar-refractivity contribution in [2.45, 2.75) is 56.4 Å². The summed E-state index contributed by atoms with van der Waals surface area (Å²) in [4.78, 5) is 0. The molecule has 4 fully saturated rings. The molecule has 0 amide bonds. The average Bonchev–Trinajstić information content (AvgIpc) is 2.92. The van der Waals surface area contributed by atoms with Gasteiger partial charge in [0, 0.05) is 13.2 Å². The highest BCUT2D eigenvalue weighted by molar-refractivity contribution is 7.87. The van der Waals surface area contributed by atoms with Crippen molar-refractivity contribution in [2.75, 3.05) is 18.9 Å². The normalized spacial score (nSPS) is 52.6. The lowest BCUT2D eigenvalue weighted by Crippen LogP contribution is -2.64. The van der Waals surface area contributed by atoms with Gasteiger partial charge in [0.25, 0.3) is 10.1 Å². The Bertz CT molecular complexity index is 574. The minimum atomic E-state index is -3.73. The van der Waals surface area contributed by atoms with E-state index >= 15 is 0 Å². The summed E-state index contributed by atoms with van der Waals surface area (Å²) in [6.07, 6.45) is -1.80. The monoisotopic (exact) mass is 321 g/mol. The number of rotatable bonds is 2. The lowest BCUT2D eigenvalue weighted by atomic mass is 9.86. The Kier molecular flexibility index (Phi) is 2.70. The summed E-state index contributed by atoms with van der Waals surface area (Å²) in [5, 5.41) is 3.13. The number of ether oxygens (including phenoxy) is 4. The molecule has 120 valence electrons. The molecule has 5 atom stereocenters. The van der Waals surface area contributed by atoms with Gasteiger partial charge >= 0.3 is 0 Å². The van der Waals surface area contributed by atoms with E-state index in [1.54, 1.807) is 13.8 Å². The third kappa shape index (κ3) is 1.68. The SMILES string of the molecule is CCO[C@]12CS(=O)(=O)O[C@@]13[C@@H](CN2)O[C@@H]1OC(C)(C)O[C@@H]13. The fourth-order valence-corrected chi connectivity index (χ4v) is 5.65. The molecule has 4 heterocycles. The molecule has 4 aliphatic rings. The Labute approximate surface area is 123 Å². The first kappa shape index (κ1) is 14.3. The molecule has 9 heteroatoms. The Morgan fingerprint density at radius 3 is 2.81 bits per heavy atom. The van der Waals surface area contributed by atoms with Gasteiger partial charge in [0.1, 0.15) is 18.0 Å². The molecule has 0 aliphatic carbocycles. The molecule has 1 N–H and O–H groups in total. The smallest absolute Gasteiger partial charge is 0.272 e. The van der Waals surface area contributed by atoms with Crippen molar-refractivity contribution in [1.82, 2.24) is 5.32 Å². The van der Waals surface area contributed by atoms with Crippen molar-refractivity contribution in [1.29, 1.82) is 0 Å². The van der Waals surface area contributed by atoms with Gasteiger partial charge in [-0.2, -0.15) is 8.42 Å². The Hall–Kier alpha value is -0.290. The Balaban J connectivity index is 1.82. The fourth-order valence-electron chi connectivity index (χ4n) is 3.92. The van der Waals surface area contributed by atoms with Gasteiger partial charge in [-0.1, -0.05) is 0 Å². The highest BCUT2D eigenvalue weighted by atomic mass is 32.2. The van der Waals surface area contributed by atoms with E-state index in [0.717, 1.165) is 0 Å². The molecule has 21 heavy (non-hydrogen) atoms. The van der Waals surface area contributed by atoms with Gasteiger partial charge in [-0.15, -0.1) is 0 Å². The van der Waals surface area contributed by atoms with Gasteiger partial charge in [-0.05, 0) is 20.8 Å². The molecule has 0 aromatic heterocycles. The second-order valence-corrected chi connectivity index (χ2v) is 7.84. The van der Waals surface area contributed by atoms with Crippen LogP contribution in [0.4, 0.5) is 0 Å². The van der Waals surface area contributed by atoms with E-state index in [1.807, 2.05) is 6.92 Å². The third-order valence-electron chi connectivity index (χ3n) is 4.50. The molecule has 0 radical (unpaired) electrons. The van der Waals surface area contributed by atoms with E-state index in [4.69, 9.17) is 23.1 Å². The topological polar surface area (TPSA) is 92.3 Å². The van der Waals surface area contributed by atoms with Crippen LogP contribution in [0.2, 0.25) is 0 Å². The highest BCUT2D eigenvalue weighted by Gasteiger charge is 2.81. The summed E-state index contributed by atoms with van der Waals surface area (Å²) < 4.78 is 53.0. The zero-order valence-corrected chi connectivity index (χ0v) is 12.9. The molecule has 4 aliphatic heterocycles. The van der Waals surface area contributed by atoms with Crippen LogP contribution < -0.4 is 5.32 Å². The summed E-state index contributed by atoms with van der Waals surface area (Å²) in [6, 6.07) is 0. The van der Waals surface area contributed by atoms with E-state index in [9.17, 15) is 8.42 Å². The second kappa shape index (κ2) is 3.97. The molecule has 8 nitrogen and oxygen atoms in total. The van der Waals surface area contributed by atoms with Crippen LogP contribution in [0.15, 0.2) is 0 Å². The van der Waals surface area contributed by atoms with Crippen molar-refractivity contribution in [3.63, 3.8) is 0 Å². The zero-order valence-electron chi connectivity index (χ0n) is 12.1. The third-order valence-corrected chi connectivity index (χ3v) is 5.79. The fraction of sp³-hybridized carbons (Fsp3) is 1.00. The average molecular weight is 321 g/mol. The molecular formula is C12H19NO7S. The van der Waals surface area contributed by atoms with Crippen LogP contribution in [0.5, 0.6) is 0 Å². The molecule has 0 aromatic carbocycles. The minimum absolute atomic E-state index is 0.263. The minimum Gasteiger partial charge on any atom is -0.356 e. The summed E-state index contributed by atoms with van der Waals surface area (Å²) >= 11 is 0. The van der Waals surface area contributed by atoms with E-state index in [-0.39, 0.29) is 5.75 Å². The molecule has 1 spiro atoms. The maximum Gasteiger partial charge on any atom is 0.272 e. The van der Waals surface area contributed by atoms with Gasteiger partial charge in [0.15, 0.2) is 23.4 Å². The van der Waals surface area contributed by atoms with Crippen LogP contribution in [0, 0.1) is 0 Å². The summed E-state index contributed by atoms with van der Waals surface area (Å²) in [7, 11) is -3.73. The van der Waals surface area contributed by atoms with Crippen LogP contribution >= 0.6 is 0 Å². The maximum atomic E-state index is 12.1. The number of nitrogens with one attached hydrogen (secondary N) is 1. The second-order valence-electron chi connectivity index (χ2n) is 6.27. The standard InChI is InChI=1S/C12H19NO7S/c1-4-16-11-6-21(14,15)20-12(11)7(5-13-11)17-9-8(12)18-10(2,3)19-9/h7-9,13H,4-6H2,1-3H3/t7-,8+,9-,11-,12-/m1/s1. The lowest BCUT2D eigenvalue weighted by Gasteiger charge is -2.38. The van der Waals surface area contributed by atoms with Crippen molar-refractivity contribution >= 4 is 10.1 Å². The predicted molar refractivity (Wildman–Crippen MR) is 68.7 cm³/mol. The number of fused-ring (bicyclic) bond motifs is 1. The van der Waals surface area contributed by atoms with Gasteiger partial charge < -0.3 is 18.9 Å². The number of hydrogen-bond donors (Lipinski definition) is 1. The van der Waals surface area contributed by atoms with Crippen LogP contribution in [0.25, 0.3) is 0 Å². The first-order valence-corrected chi connectivity index (χ1v) is 8.65. The van der Waals surface area contributed by atoms with Crippen LogP contribution in [-0.2, 0) is 33.2 Å². The van der Waals surface area contributed by atoms with Crippen LogP contribution in [-0.4, -0.2) is 62.9 Å². The summed E-state index contributed by atoms with van der Waals surface area (Å²) in [6.45, 7) is 6.10. The van der Waals surface area contributed by atoms with Crippen molar-refractivity contribution < 1.29 is 31.5 Å². The van der Waals surface area contributed by atoms with E-state index in [0.29, 0.717) is 13.2 Å². The molecule has 0 bridgehead atoms. The van der Waals surface area contributed by atoms with Crippen molar-refractivity contribution in [2.24, 2.45) is 0 Å². The molecule has 0 saturated carbocycles. The molecule has 0 unspecified atom stereocenters. The lowest BCUT2D eigenvalue weighted by molar-refractivity contribution is -0.235. The zero-order chi connectivity index (χ0) is 15.1. The molecular weight excluding hydrogens is 302 g/mol. The largest absolute Gasteiger partial charge is 0.356 e. The first-order chi connectivity index (χ1) is 9.74. The van der Waals surface area contributed by atoms with E-state index in [2.05, 4.69) is 5.32 Å². The van der Waals surface area contributed by atoms with Crippen LogP contribution in [0.1, 0.15) is 20.8 Å². The predicted octanol–water partition coefficient (Wildman–Crippen LogP) is -0.702. The van der Waals surface area contributed by atoms with Gasteiger partial charge in [0.05, 0.1) is 0 Å². The molecule has 4 saturated heterocycles. The molecule has 0 aromatic rings. The Morgan fingerprint density at radius 2 is 2.10 bits per heavy atom. The summed E-state index contributed by atoms with van der Waals surface area (Å²) in [5.41, 5.74) is -2.39. The Morgan fingerprint density at radius 1 is 1.33 bits per heavy atom. The van der Waals surface area contributed by atoms with Crippen LogP contribution in [0.3, 0.4) is 0 Å².